The third-order valence-corrected chi connectivity index (χ3v) is 2.43. The molecule has 0 heterocycles. The Bertz CT molecular complexity index is 172. The average molecular weight is 265 g/mol. The van der Waals surface area contributed by atoms with Gasteiger partial charge in [-0.25, -0.2) is 0 Å². The van der Waals surface area contributed by atoms with Gasteiger partial charge in [0.05, 0.1) is 52.7 Å². The van der Waals surface area contributed by atoms with Crippen molar-refractivity contribution in [1.82, 2.24) is 5.32 Å². The zero-order valence-corrected chi connectivity index (χ0v) is 12.0. The average Bonchev–Trinajstić information content (AvgIpc) is 2.36. The highest BCUT2D eigenvalue weighted by Crippen LogP contribution is 2.18. The molecular formula is C12H31N3O3+2. The Morgan fingerprint density at radius 2 is 1.33 bits per heavy atom. The third kappa shape index (κ3) is 9.76. The molecule has 110 valence electrons. The molecule has 7 N–H and O–H groups in total. The second kappa shape index (κ2) is 11.8. The lowest BCUT2D eigenvalue weighted by Crippen LogP contribution is -2.53. The van der Waals surface area contributed by atoms with E-state index < -0.39 is 0 Å². The van der Waals surface area contributed by atoms with Gasteiger partial charge >= 0.3 is 0 Å². The standard InChI is InChI=1S/C12H29N3O3/c1-12(9-16-6-3-13,10-17-7-4-14)11-18-8-5-15-2/h15H,3-11,13-14H2,1-2H3/p+2. The van der Waals surface area contributed by atoms with Gasteiger partial charge in [0.25, 0.3) is 0 Å². The summed E-state index contributed by atoms with van der Waals surface area (Å²) in [6.07, 6.45) is 0. The molecule has 0 unspecified atom stereocenters. The minimum Gasteiger partial charge on any atom is -0.379 e. The highest BCUT2D eigenvalue weighted by molar-refractivity contribution is 4.73. The zero-order chi connectivity index (χ0) is 13.7. The van der Waals surface area contributed by atoms with Gasteiger partial charge in [-0.1, -0.05) is 6.92 Å². The van der Waals surface area contributed by atoms with Gasteiger partial charge in [-0.3, -0.25) is 0 Å². The van der Waals surface area contributed by atoms with Crippen molar-refractivity contribution in [3.63, 3.8) is 0 Å². The largest absolute Gasteiger partial charge is 0.379 e. The van der Waals surface area contributed by atoms with Crippen molar-refractivity contribution in [2.24, 2.45) is 5.41 Å². The summed E-state index contributed by atoms with van der Waals surface area (Å²) < 4.78 is 16.8. The maximum atomic E-state index is 5.65. The van der Waals surface area contributed by atoms with Crippen molar-refractivity contribution in [3.8, 4) is 0 Å². The lowest BCUT2D eigenvalue weighted by Gasteiger charge is -2.28. The summed E-state index contributed by atoms with van der Waals surface area (Å²) in [6, 6.07) is 0. The van der Waals surface area contributed by atoms with Crippen LogP contribution < -0.4 is 16.8 Å². The molecule has 0 rings (SSSR count). The molecule has 0 aromatic rings. The maximum absolute atomic E-state index is 5.65. The van der Waals surface area contributed by atoms with Crippen LogP contribution in [-0.2, 0) is 14.2 Å². The van der Waals surface area contributed by atoms with Crippen molar-refractivity contribution in [2.75, 3.05) is 66.3 Å². The highest BCUT2D eigenvalue weighted by Gasteiger charge is 2.25. The fourth-order valence-electron chi connectivity index (χ4n) is 1.46. The van der Waals surface area contributed by atoms with Crippen LogP contribution in [-0.4, -0.2) is 66.3 Å². The molecule has 0 aliphatic carbocycles. The monoisotopic (exact) mass is 265 g/mol. The van der Waals surface area contributed by atoms with Crippen molar-refractivity contribution in [1.29, 1.82) is 0 Å². The van der Waals surface area contributed by atoms with Crippen LogP contribution >= 0.6 is 0 Å². The van der Waals surface area contributed by atoms with Gasteiger partial charge in [-0.15, -0.1) is 0 Å². The van der Waals surface area contributed by atoms with Gasteiger partial charge in [-0.05, 0) is 7.05 Å². The Balaban J connectivity index is 3.95. The summed E-state index contributed by atoms with van der Waals surface area (Å²) in [5.41, 5.74) is 7.43. The molecule has 0 spiro atoms. The van der Waals surface area contributed by atoms with Gasteiger partial charge in [0, 0.05) is 12.0 Å². The number of nitrogens with one attached hydrogen (secondary N) is 1. The molecule has 0 aromatic carbocycles. The van der Waals surface area contributed by atoms with E-state index >= 15 is 0 Å². The van der Waals surface area contributed by atoms with Gasteiger partial charge < -0.3 is 31.0 Å². The number of likely N-dealkylation sites (N-methyl/N-ethyl adjacent to an activating group) is 1. The van der Waals surface area contributed by atoms with Crippen LogP contribution in [0.1, 0.15) is 6.92 Å². The van der Waals surface area contributed by atoms with Crippen LogP contribution in [0.25, 0.3) is 0 Å². The smallest absolute Gasteiger partial charge is 0.0977 e. The molecule has 6 heteroatoms. The van der Waals surface area contributed by atoms with E-state index in [0.717, 1.165) is 19.6 Å². The van der Waals surface area contributed by atoms with E-state index in [1.54, 1.807) is 0 Å². The van der Waals surface area contributed by atoms with Crippen molar-refractivity contribution >= 4 is 0 Å². The minimum absolute atomic E-state index is 0.0991. The molecule has 0 radical (unpaired) electrons. The van der Waals surface area contributed by atoms with Gasteiger partial charge in [0.15, 0.2) is 0 Å². The molecule has 0 saturated heterocycles. The second-order valence-corrected chi connectivity index (χ2v) is 4.78. The Morgan fingerprint density at radius 1 is 0.889 bits per heavy atom. The van der Waals surface area contributed by atoms with Gasteiger partial charge in [0.1, 0.15) is 0 Å². The Hall–Kier alpha value is -0.240. The SMILES string of the molecule is CNCCOCC(C)(COCC[NH3+])COCC[NH3+]. The summed E-state index contributed by atoms with van der Waals surface area (Å²) >= 11 is 0. The van der Waals surface area contributed by atoms with Crippen LogP contribution in [0, 0.1) is 5.41 Å². The first-order chi connectivity index (χ1) is 8.68. The van der Waals surface area contributed by atoms with Crippen LogP contribution in [0.2, 0.25) is 0 Å². The molecule has 6 nitrogen and oxygen atoms in total. The van der Waals surface area contributed by atoms with E-state index in [-0.39, 0.29) is 5.41 Å². The first-order valence-corrected chi connectivity index (χ1v) is 6.65. The second-order valence-electron chi connectivity index (χ2n) is 4.78. The summed E-state index contributed by atoms with van der Waals surface area (Å²) in [6.45, 7) is 8.54. The van der Waals surface area contributed by atoms with E-state index in [1.807, 2.05) is 7.05 Å². The molecule has 0 bridgehead atoms. The lowest BCUT2D eigenvalue weighted by atomic mass is 9.94. The topological polar surface area (TPSA) is 95.0 Å². The van der Waals surface area contributed by atoms with Crippen LogP contribution in [0.4, 0.5) is 0 Å². The number of quaternary nitrogens is 2. The fraction of sp³-hybridized carbons (Fsp3) is 1.00. The Morgan fingerprint density at radius 3 is 1.72 bits per heavy atom. The lowest BCUT2D eigenvalue weighted by molar-refractivity contribution is -0.376. The Labute approximate surface area is 110 Å². The van der Waals surface area contributed by atoms with Gasteiger partial charge in [-0.2, -0.15) is 0 Å². The molecule has 0 atom stereocenters. The number of rotatable bonds is 13. The van der Waals surface area contributed by atoms with Crippen molar-refractivity contribution in [3.05, 3.63) is 0 Å². The number of ether oxygens (including phenoxy) is 3. The Kier molecular flexibility index (Phi) is 11.7. The number of hydrogen-bond donors (Lipinski definition) is 3. The minimum atomic E-state index is -0.0991. The highest BCUT2D eigenvalue weighted by atomic mass is 16.5. The maximum Gasteiger partial charge on any atom is 0.0977 e. The third-order valence-electron chi connectivity index (χ3n) is 2.43. The quantitative estimate of drug-likeness (QED) is 0.328. The van der Waals surface area contributed by atoms with E-state index in [2.05, 4.69) is 23.7 Å². The molecule has 18 heavy (non-hydrogen) atoms. The predicted molar refractivity (Wildman–Crippen MR) is 70.0 cm³/mol. The molecule has 0 amide bonds. The molecule has 0 aliphatic rings. The van der Waals surface area contributed by atoms with E-state index in [9.17, 15) is 0 Å². The van der Waals surface area contributed by atoms with E-state index in [0.29, 0.717) is 39.6 Å². The summed E-state index contributed by atoms with van der Waals surface area (Å²) in [5, 5.41) is 3.05. The first kappa shape index (κ1) is 17.8. The van der Waals surface area contributed by atoms with Crippen LogP contribution in [0.15, 0.2) is 0 Å². The van der Waals surface area contributed by atoms with Crippen molar-refractivity contribution < 1.29 is 25.7 Å². The molecule has 0 saturated carbocycles. The summed E-state index contributed by atoms with van der Waals surface area (Å²) in [5.74, 6) is 0. The summed E-state index contributed by atoms with van der Waals surface area (Å²) in [7, 11) is 1.91. The fourth-order valence-corrected chi connectivity index (χ4v) is 1.46. The number of hydrogen-bond acceptors (Lipinski definition) is 4. The molecular weight excluding hydrogens is 234 g/mol. The predicted octanol–water partition coefficient (Wildman–Crippen LogP) is -2.25. The van der Waals surface area contributed by atoms with E-state index in [4.69, 9.17) is 14.2 Å². The van der Waals surface area contributed by atoms with Crippen LogP contribution in [0.5, 0.6) is 0 Å². The first-order valence-electron chi connectivity index (χ1n) is 6.65. The summed E-state index contributed by atoms with van der Waals surface area (Å²) in [4.78, 5) is 0. The van der Waals surface area contributed by atoms with Crippen LogP contribution in [0.3, 0.4) is 0 Å². The zero-order valence-electron chi connectivity index (χ0n) is 12.0. The molecule has 0 aliphatic heterocycles. The van der Waals surface area contributed by atoms with Crippen molar-refractivity contribution in [2.45, 2.75) is 6.92 Å². The normalized spacial score (nSPS) is 12.0. The van der Waals surface area contributed by atoms with E-state index in [1.165, 1.54) is 0 Å². The molecule has 0 fully saturated rings. The van der Waals surface area contributed by atoms with Gasteiger partial charge in [0.2, 0.25) is 0 Å². The molecule has 0 aromatic heterocycles.